The Hall–Kier alpha value is -3.05. The standard InChI is InChI=1S/C26H28N2O6S2/c1-4-33-26(30)23-22(19-8-6-5-7-9-19)16-35-25(23)27-24(29)20-10-12-21(13-11-20)36(31,32)28-14-17(2)34-18(3)15-28/h5-13,16-18H,4,14-15H2,1-3H3,(H,27,29)/t17-,18-/m0/s1. The van der Waals surface area contributed by atoms with Gasteiger partial charge in [0.15, 0.2) is 0 Å². The maximum absolute atomic E-state index is 13.1. The van der Waals surface area contributed by atoms with Crippen LogP contribution in [0, 0.1) is 0 Å². The van der Waals surface area contributed by atoms with E-state index in [0.29, 0.717) is 10.6 Å². The van der Waals surface area contributed by atoms with Gasteiger partial charge in [-0.15, -0.1) is 11.3 Å². The van der Waals surface area contributed by atoms with Crippen molar-refractivity contribution in [2.45, 2.75) is 37.9 Å². The van der Waals surface area contributed by atoms with E-state index in [1.807, 2.05) is 44.2 Å². The molecule has 0 bridgehead atoms. The van der Waals surface area contributed by atoms with Gasteiger partial charge in [-0.05, 0) is 50.6 Å². The Morgan fingerprint density at radius 1 is 1.06 bits per heavy atom. The summed E-state index contributed by atoms with van der Waals surface area (Å²) in [6, 6.07) is 15.2. The number of ether oxygens (including phenoxy) is 2. The summed E-state index contributed by atoms with van der Waals surface area (Å²) in [7, 11) is -3.72. The molecule has 1 aromatic heterocycles. The zero-order valence-corrected chi connectivity index (χ0v) is 21.9. The highest BCUT2D eigenvalue weighted by Gasteiger charge is 2.32. The van der Waals surface area contributed by atoms with Crippen LogP contribution in [0.4, 0.5) is 5.00 Å². The van der Waals surface area contributed by atoms with Gasteiger partial charge < -0.3 is 14.8 Å². The van der Waals surface area contributed by atoms with Gasteiger partial charge in [0, 0.05) is 29.6 Å². The topological polar surface area (TPSA) is 102 Å². The molecule has 1 fully saturated rings. The average molecular weight is 529 g/mol. The summed E-state index contributed by atoms with van der Waals surface area (Å²) >= 11 is 1.23. The molecule has 0 aliphatic carbocycles. The maximum Gasteiger partial charge on any atom is 0.341 e. The monoisotopic (exact) mass is 528 g/mol. The summed E-state index contributed by atoms with van der Waals surface area (Å²) < 4.78 is 38.5. The van der Waals surface area contributed by atoms with Gasteiger partial charge in [-0.3, -0.25) is 4.79 Å². The lowest BCUT2D eigenvalue weighted by Gasteiger charge is -2.34. The molecular weight excluding hydrogens is 500 g/mol. The van der Waals surface area contributed by atoms with Crippen molar-refractivity contribution >= 4 is 38.2 Å². The van der Waals surface area contributed by atoms with Crippen molar-refractivity contribution in [3.63, 3.8) is 0 Å². The molecule has 4 rings (SSSR count). The maximum atomic E-state index is 13.1. The predicted molar refractivity (Wildman–Crippen MR) is 139 cm³/mol. The second-order valence-corrected chi connectivity index (χ2v) is 11.3. The van der Waals surface area contributed by atoms with Crippen LogP contribution < -0.4 is 5.32 Å². The molecule has 1 aliphatic rings. The second-order valence-electron chi connectivity index (χ2n) is 8.50. The summed E-state index contributed by atoms with van der Waals surface area (Å²) in [6.07, 6.45) is -0.400. The fraction of sp³-hybridized carbons (Fsp3) is 0.308. The van der Waals surface area contributed by atoms with Crippen LogP contribution in [0.1, 0.15) is 41.5 Å². The van der Waals surface area contributed by atoms with Crippen LogP contribution in [0.5, 0.6) is 0 Å². The first-order chi connectivity index (χ1) is 17.2. The number of carbonyl (C=O) groups is 2. The average Bonchev–Trinajstić information content (AvgIpc) is 3.28. The number of hydrogen-bond acceptors (Lipinski definition) is 7. The first-order valence-corrected chi connectivity index (χ1v) is 13.9. The van der Waals surface area contributed by atoms with Crippen LogP contribution in [0.3, 0.4) is 0 Å². The SMILES string of the molecule is CCOC(=O)c1c(-c2ccccc2)csc1NC(=O)c1ccc(S(=O)(=O)N2C[C@H](C)O[C@@H](C)C2)cc1. The van der Waals surface area contributed by atoms with Gasteiger partial charge >= 0.3 is 5.97 Å². The number of benzene rings is 2. The van der Waals surface area contributed by atoms with E-state index in [-0.39, 0.29) is 47.9 Å². The van der Waals surface area contributed by atoms with Crippen molar-refractivity contribution in [1.29, 1.82) is 0 Å². The molecule has 3 aromatic rings. The molecule has 36 heavy (non-hydrogen) atoms. The van der Waals surface area contributed by atoms with E-state index in [0.717, 1.165) is 5.56 Å². The number of sulfonamides is 1. The van der Waals surface area contributed by atoms with Gasteiger partial charge in [0.2, 0.25) is 10.0 Å². The number of nitrogens with one attached hydrogen (secondary N) is 1. The molecule has 0 unspecified atom stereocenters. The van der Waals surface area contributed by atoms with E-state index in [4.69, 9.17) is 9.47 Å². The van der Waals surface area contributed by atoms with E-state index < -0.39 is 21.9 Å². The zero-order valence-electron chi connectivity index (χ0n) is 20.3. The number of carbonyl (C=O) groups excluding carboxylic acids is 2. The first kappa shape index (κ1) is 26.0. The lowest BCUT2D eigenvalue weighted by molar-refractivity contribution is -0.0440. The van der Waals surface area contributed by atoms with Gasteiger partial charge in [-0.2, -0.15) is 4.31 Å². The minimum absolute atomic E-state index is 0.107. The minimum Gasteiger partial charge on any atom is -0.462 e. The highest BCUT2D eigenvalue weighted by atomic mass is 32.2. The van der Waals surface area contributed by atoms with Gasteiger partial charge in [0.05, 0.1) is 23.7 Å². The molecule has 1 saturated heterocycles. The number of anilines is 1. The second kappa shape index (κ2) is 10.9. The third kappa shape index (κ3) is 5.52. The molecule has 2 atom stereocenters. The van der Waals surface area contributed by atoms with Crippen LogP contribution >= 0.6 is 11.3 Å². The molecule has 1 amide bonds. The van der Waals surface area contributed by atoms with Gasteiger partial charge in [-0.25, -0.2) is 13.2 Å². The summed E-state index contributed by atoms with van der Waals surface area (Å²) in [5.74, 6) is -0.983. The van der Waals surface area contributed by atoms with Crippen LogP contribution in [0.25, 0.3) is 11.1 Å². The Labute approximate surface area is 214 Å². The van der Waals surface area contributed by atoms with Crippen LogP contribution in [0.2, 0.25) is 0 Å². The Morgan fingerprint density at radius 3 is 2.31 bits per heavy atom. The van der Waals surface area contributed by atoms with Crippen LogP contribution in [-0.2, 0) is 19.5 Å². The Kier molecular flexibility index (Phi) is 7.89. The lowest BCUT2D eigenvalue weighted by atomic mass is 10.0. The number of morpholine rings is 1. The zero-order chi connectivity index (χ0) is 25.9. The third-order valence-corrected chi connectivity index (χ3v) is 8.46. The number of amides is 1. The largest absolute Gasteiger partial charge is 0.462 e. The number of rotatable bonds is 7. The van der Waals surface area contributed by atoms with Crippen LogP contribution in [0.15, 0.2) is 64.9 Å². The molecule has 0 radical (unpaired) electrons. The van der Waals surface area contributed by atoms with Crippen molar-refractivity contribution in [1.82, 2.24) is 4.31 Å². The normalized spacial score (nSPS) is 18.5. The van der Waals surface area contributed by atoms with Crippen LogP contribution in [-0.4, -0.2) is 56.5 Å². The van der Waals surface area contributed by atoms with Crippen molar-refractivity contribution < 1.29 is 27.5 Å². The smallest absolute Gasteiger partial charge is 0.341 e. The van der Waals surface area contributed by atoms with Crippen molar-refractivity contribution in [3.05, 3.63) is 71.1 Å². The summed E-state index contributed by atoms with van der Waals surface area (Å²) in [5.41, 5.74) is 2.06. The van der Waals surface area contributed by atoms with Gasteiger partial charge in [0.25, 0.3) is 5.91 Å². The summed E-state index contributed by atoms with van der Waals surface area (Å²) in [4.78, 5) is 25.9. The van der Waals surface area contributed by atoms with Crippen molar-refractivity contribution in [3.8, 4) is 11.1 Å². The highest BCUT2D eigenvalue weighted by Crippen LogP contribution is 2.36. The third-order valence-electron chi connectivity index (χ3n) is 5.72. The fourth-order valence-electron chi connectivity index (χ4n) is 4.12. The first-order valence-electron chi connectivity index (χ1n) is 11.6. The summed E-state index contributed by atoms with van der Waals surface area (Å²) in [6.45, 7) is 6.14. The number of thiophene rings is 1. The highest BCUT2D eigenvalue weighted by molar-refractivity contribution is 7.89. The molecule has 2 aromatic carbocycles. The van der Waals surface area contributed by atoms with E-state index in [9.17, 15) is 18.0 Å². The number of esters is 1. The molecule has 0 spiro atoms. The molecule has 1 aliphatic heterocycles. The predicted octanol–water partition coefficient (Wildman–Crippen LogP) is 4.64. The molecular formula is C26H28N2O6S2. The molecule has 1 N–H and O–H groups in total. The molecule has 190 valence electrons. The number of hydrogen-bond donors (Lipinski definition) is 1. The fourth-order valence-corrected chi connectivity index (χ4v) is 6.66. The summed E-state index contributed by atoms with van der Waals surface area (Å²) in [5, 5.41) is 4.96. The van der Waals surface area contributed by atoms with E-state index in [1.54, 1.807) is 12.3 Å². The molecule has 0 saturated carbocycles. The quantitative estimate of drug-likeness (QED) is 0.448. The van der Waals surface area contributed by atoms with E-state index in [2.05, 4.69) is 5.32 Å². The van der Waals surface area contributed by atoms with E-state index >= 15 is 0 Å². The van der Waals surface area contributed by atoms with Crippen molar-refractivity contribution in [2.24, 2.45) is 0 Å². The molecule has 2 heterocycles. The van der Waals surface area contributed by atoms with Gasteiger partial charge in [0.1, 0.15) is 10.6 Å². The van der Waals surface area contributed by atoms with Crippen molar-refractivity contribution in [2.75, 3.05) is 25.0 Å². The molecule has 10 heteroatoms. The van der Waals surface area contributed by atoms with Gasteiger partial charge in [-0.1, -0.05) is 30.3 Å². The number of nitrogens with zero attached hydrogens (tertiary/aromatic N) is 1. The lowest BCUT2D eigenvalue weighted by Crippen LogP contribution is -2.48. The van der Waals surface area contributed by atoms with E-state index in [1.165, 1.54) is 39.9 Å². The molecule has 8 nitrogen and oxygen atoms in total. The Balaban J connectivity index is 1.56. The Morgan fingerprint density at radius 2 is 1.69 bits per heavy atom. The minimum atomic E-state index is -3.72. The Bertz CT molecular complexity index is 1330.